The molecule has 0 saturated heterocycles. The van der Waals surface area contributed by atoms with Gasteiger partial charge in [0.05, 0.1) is 14.2 Å². The molecular weight excluding hydrogens is 491 g/mol. The maximum atomic E-state index is 13.3. The Bertz CT molecular complexity index is 1440. The number of ether oxygens (including phenoxy) is 2. The van der Waals surface area contributed by atoms with Crippen molar-refractivity contribution in [3.8, 4) is 28.4 Å². The monoisotopic (exact) mass is 511 g/mol. The van der Waals surface area contributed by atoms with Crippen LogP contribution in [0.4, 0.5) is 24.8 Å². The van der Waals surface area contributed by atoms with Gasteiger partial charge in [-0.3, -0.25) is 0 Å². The maximum Gasteiger partial charge on any atom is 0.435 e. The second kappa shape index (κ2) is 10.4. The van der Waals surface area contributed by atoms with E-state index in [0.29, 0.717) is 33.9 Å². The average Bonchev–Trinajstić information content (AvgIpc) is 3.38. The van der Waals surface area contributed by atoms with Gasteiger partial charge in [0.1, 0.15) is 11.5 Å². The van der Waals surface area contributed by atoms with Crippen LogP contribution < -0.4 is 14.8 Å². The van der Waals surface area contributed by atoms with Gasteiger partial charge in [0.2, 0.25) is 5.95 Å². The molecule has 0 aliphatic rings. The van der Waals surface area contributed by atoms with E-state index in [4.69, 9.17) is 14.6 Å². The van der Waals surface area contributed by atoms with Crippen molar-refractivity contribution in [2.45, 2.75) is 6.18 Å². The van der Waals surface area contributed by atoms with Gasteiger partial charge >= 0.3 is 12.1 Å². The third-order valence-electron chi connectivity index (χ3n) is 5.09. The SMILES string of the molecule is COc1cc(Nc2ncc(-c3cccc(C=CC(=O)O)c3)c(-n3ccc(C(F)(F)F)n3)n2)cc(OC)c1. The molecule has 0 amide bonds. The fraction of sp³-hybridized carbons (Fsp3) is 0.120. The number of anilines is 2. The number of rotatable bonds is 8. The first-order valence-corrected chi connectivity index (χ1v) is 10.7. The van der Waals surface area contributed by atoms with Crippen LogP contribution in [0.1, 0.15) is 11.3 Å². The minimum Gasteiger partial charge on any atom is -0.497 e. The van der Waals surface area contributed by atoms with Crippen molar-refractivity contribution < 1.29 is 32.5 Å². The summed E-state index contributed by atoms with van der Waals surface area (Å²) < 4.78 is 51.3. The molecule has 0 aliphatic carbocycles. The molecule has 0 saturated carbocycles. The van der Waals surface area contributed by atoms with Gasteiger partial charge < -0.3 is 19.9 Å². The second-order valence-electron chi connectivity index (χ2n) is 7.60. The van der Waals surface area contributed by atoms with Crippen LogP contribution in [0.3, 0.4) is 0 Å². The number of nitrogens with one attached hydrogen (secondary N) is 1. The molecule has 2 N–H and O–H groups in total. The Labute approximate surface area is 208 Å². The number of carboxylic acids is 1. The molecule has 2 aromatic heterocycles. The minimum absolute atomic E-state index is 0.0715. The zero-order valence-corrected chi connectivity index (χ0v) is 19.5. The summed E-state index contributed by atoms with van der Waals surface area (Å²) in [5.74, 6) is 0.0520. The molecule has 0 radical (unpaired) electrons. The lowest BCUT2D eigenvalue weighted by atomic mass is 10.0. The highest BCUT2D eigenvalue weighted by molar-refractivity contribution is 5.86. The zero-order valence-electron chi connectivity index (χ0n) is 19.5. The molecular formula is C25H20F3N5O4. The predicted molar refractivity (Wildman–Crippen MR) is 129 cm³/mol. The number of aromatic nitrogens is 4. The number of alkyl halides is 3. The van der Waals surface area contributed by atoms with E-state index < -0.39 is 17.8 Å². The van der Waals surface area contributed by atoms with E-state index in [1.54, 1.807) is 42.5 Å². The molecule has 0 spiro atoms. The highest BCUT2D eigenvalue weighted by atomic mass is 19.4. The van der Waals surface area contributed by atoms with Crippen LogP contribution in [0, 0.1) is 0 Å². The molecule has 12 heteroatoms. The standard InChI is InChI=1S/C25H20F3N5O4/c1-36-18-11-17(12-19(13-18)37-2)30-24-29-14-20(16-5-3-4-15(10-16)6-7-22(34)35)23(31-24)33-9-8-21(32-33)25(26,27)28/h3-14H,1-2H3,(H,34,35)(H,29,30,31). The summed E-state index contributed by atoms with van der Waals surface area (Å²) in [7, 11) is 3.00. The fourth-order valence-electron chi connectivity index (χ4n) is 3.39. The molecule has 4 aromatic rings. The summed E-state index contributed by atoms with van der Waals surface area (Å²) in [6.07, 6.45) is 0.333. The molecule has 2 aromatic carbocycles. The van der Waals surface area contributed by atoms with E-state index in [9.17, 15) is 18.0 Å². The lowest BCUT2D eigenvalue weighted by molar-refractivity contribution is -0.141. The van der Waals surface area contributed by atoms with Gasteiger partial charge in [-0.2, -0.15) is 23.3 Å². The fourth-order valence-corrected chi connectivity index (χ4v) is 3.39. The van der Waals surface area contributed by atoms with E-state index in [1.807, 2.05) is 0 Å². The van der Waals surface area contributed by atoms with Crippen LogP contribution in [0.5, 0.6) is 11.5 Å². The molecule has 0 fully saturated rings. The van der Waals surface area contributed by atoms with Gasteiger partial charge in [-0.05, 0) is 29.3 Å². The van der Waals surface area contributed by atoms with Gasteiger partial charge in [0.25, 0.3) is 0 Å². The lowest BCUT2D eigenvalue weighted by Gasteiger charge is -2.13. The molecule has 0 atom stereocenters. The first kappa shape index (κ1) is 25.2. The topological polar surface area (TPSA) is 111 Å². The highest BCUT2D eigenvalue weighted by Gasteiger charge is 2.34. The van der Waals surface area contributed by atoms with Crippen LogP contribution in [0.25, 0.3) is 23.0 Å². The number of carboxylic acid groups (broad SMARTS) is 1. The Morgan fingerprint density at radius 1 is 1.08 bits per heavy atom. The smallest absolute Gasteiger partial charge is 0.435 e. The van der Waals surface area contributed by atoms with Crippen molar-refractivity contribution in [3.63, 3.8) is 0 Å². The number of halogens is 3. The molecule has 4 rings (SSSR count). The van der Waals surface area contributed by atoms with Gasteiger partial charge in [-0.15, -0.1) is 0 Å². The van der Waals surface area contributed by atoms with E-state index in [1.165, 1.54) is 26.5 Å². The number of methoxy groups -OCH3 is 2. The quantitative estimate of drug-likeness (QED) is 0.310. The molecule has 0 bridgehead atoms. The van der Waals surface area contributed by atoms with Crippen LogP contribution in [0.15, 0.2) is 67.0 Å². The number of hydrogen-bond acceptors (Lipinski definition) is 7. The summed E-state index contributed by atoms with van der Waals surface area (Å²) in [4.78, 5) is 19.7. The number of aliphatic carboxylic acids is 1. The summed E-state index contributed by atoms with van der Waals surface area (Å²) in [5, 5.41) is 15.6. The van der Waals surface area contributed by atoms with Crippen LogP contribution >= 0.6 is 0 Å². The van der Waals surface area contributed by atoms with Gasteiger partial charge in [0.15, 0.2) is 11.5 Å². The van der Waals surface area contributed by atoms with E-state index in [-0.39, 0.29) is 11.8 Å². The number of benzene rings is 2. The summed E-state index contributed by atoms with van der Waals surface area (Å²) in [6, 6.07) is 12.6. The maximum absolute atomic E-state index is 13.3. The Kier molecular flexibility index (Phi) is 7.09. The Morgan fingerprint density at radius 3 is 2.43 bits per heavy atom. The number of nitrogens with zero attached hydrogens (tertiary/aromatic N) is 4. The molecule has 190 valence electrons. The Morgan fingerprint density at radius 2 is 1.81 bits per heavy atom. The first-order valence-electron chi connectivity index (χ1n) is 10.7. The van der Waals surface area contributed by atoms with Crippen LogP contribution in [-0.4, -0.2) is 45.0 Å². The largest absolute Gasteiger partial charge is 0.497 e. The average molecular weight is 511 g/mol. The molecule has 0 aliphatic heterocycles. The minimum atomic E-state index is -4.64. The Balaban J connectivity index is 1.80. The van der Waals surface area contributed by atoms with E-state index in [0.717, 1.165) is 23.0 Å². The van der Waals surface area contributed by atoms with Gasteiger partial charge in [0, 0.05) is 47.9 Å². The van der Waals surface area contributed by atoms with Crippen molar-refractivity contribution in [2.24, 2.45) is 0 Å². The molecule has 2 heterocycles. The summed E-state index contributed by atoms with van der Waals surface area (Å²) in [6.45, 7) is 0. The lowest BCUT2D eigenvalue weighted by Crippen LogP contribution is -2.10. The second-order valence-corrected chi connectivity index (χ2v) is 7.60. The van der Waals surface area contributed by atoms with Crippen molar-refractivity contribution in [1.82, 2.24) is 19.7 Å². The molecule has 37 heavy (non-hydrogen) atoms. The summed E-state index contributed by atoms with van der Waals surface area (Å²) in [5.41, 5.74) is 0.916. The van der Waals surface area contributed by atoms with Crippen LogP contribution in [0.2, 0.25) is 0 Å². The van der Waals surface area contributed by atoms with Crippen molar-refractivity contribution in [2.75, 3.05) is 19.5 Å². The molecule has 9 nitrogen and oxygen atoms in total. The van der Waals surface area contributed by atoms with Gasteiger partial charge in [-0.1, -0.05) is 18.2 Å². The highest BCUT2D eigenvalue weighted by Crippen LogP contribution is 2.32. The number of carbonyl (C=O) groups is 1. The molecule has 0 unspecified atom stereocenters. The van der Waals surface area contributed by atoms with Crippen molar-refractivity contribution in [1.29, 1.82) is 0 Å². The normalized spacial score (nSPS) is 11.5. The summed E-state index contributed by atoms with van der Waals surface area (Å²) >= 11 is 0. The third kappa shape index (κ3) is 6.04. The van der Waals surface area contributed by atoms with Crippen molar-refractivity contribution in [3.05, 3.63) is 78.3 Å². The zero-order chi connectivity index (χ0) is 26.6. The Hall–Kier alpha value is -4.87. The number of hydrogen-bond donors (Lipinski definition) is 2. The first-order chi connectivity index (χ1) is 17.7. The van der Waals surface area contributed by atoms with Crippen molar-refractivity contribution >= 4 is 23.7 Å². The predicted octanol–water partition coefficient (Wildman–Crippen LogP) is 5.21. The third-order valence-corrected chi connectivity index (χ3v) is 5.09. The van der Waals surface area contributed by atoms with E-state index in [2.05, 4.69) is 20.4 Å². The van der Waals surface area contributed by atoms with Gasteiger partial charge in [-0.25, -0.2) is 14.5 Å². The van der Waals surface area contributed by atoms with E-state index >= 15 is 0 Å². The van der Waals surface area contributed by atoms with Crippen LogP contribution in [-0.2, 0) is 11.0 Å².